The van der Waals surface area contributed by atoms with E-state index < -0.39 is 11.9 Å². The SMILES string of the molecule is COc1ccc2nccc(C(=O)Oc3cc(C(=O)O)c4cc(OC)cc(OC)c4n3)c2c1. The average Bonchev–Trinajstić information content (AvgIpc) is 2.81. The first-order valence-electron chi connectivity index (χ1n) is 9.40. The number of pyridine rings is 2. The summed E-state index contributed by atoms with van der Waals surface area (Å²) < 4.78 is 21.2. The van der Waals surface area contributed by atoms with Gasteiger partial charge in [0.1, 0.15) is 22.8 Å². The molecule has 2 aromatic heterocycles. The number of carboxylic acid groups (broad SMARTS) is 1. The summed E-state index contributed by atoms with van der Waals surface area (Å²) in [4.78, 5) is 33.4. The van der Waals surface area contributed by atoms with E-state index in [4.69, 9.17) is 18.9 Å². The number of esters is 1. The topological polar surface area (TPSA) is 117 Å². The maximum atomic E-state index is 13.0. The fourth-order valence-corrected chi connectivity index (χ4v) is 3.33. The molecule has 162 valence electrons. The van der Waals surface area contributed by atoms with Gasteiger partial charge in [0.05, 0.1) is 38.0 Å². The highest BCUT2D eigenvalue weighted by atomic mass is 16.5. The lowest BCUT2D eigenvalue weighted by molar-refractivity contribution is 0.0688. The minimum absolute atomic E-state index is 0.115. The van der Waals surface area contributed by atoms with Gasteiger partial charge in [-0.2, -0.15) is 0 Å². The van der Waals surface area contributed by atoms with E-state index in [1.54, 1.807) is 24.3 Å². The van der Waals surface area contributed by atoms with Crippen molar-refractivity contribution in [2.45, 2.75) is 0 Å². The van der Waals surface area contributed by atoms with Crippen LogP contribution in [0, 0.1) is 0 Å². The number of methoxy groups -OCH3 is 3. The van der Waals surface area contributed by atoms with Gasteiger partial charge < -0.3 is 24.1 Å². The molecular formula is C23H18N2O7. The summed E-state index contributed by atoms with van der Waals surface area (Å²) in [6.45, 7) is 0. The lowest BCUT2D eigenvalue weighted by atomic mass is 10.1. The van der Waals surface area contributed by atoms with Gasteiger partial charge in [0.15, 0.2) is 0 Å². The van der Waals surface area contributed by atoms with Gasteiger partial charge in [0, 0.05) is 29.1 Å². The Labute approximate surface area is 182 Å². The molecule has 0 bridgehead atoms. The Kier molecular flexibility index (Phi) is 5.46. The molecule has 0 aliphatic carbocycles. The van der Waals surface area contributed by atoms with Crippen LogP contribution in [-0.2, 0) is 0 Å². The fourth-order valence-electron chi connectivity index (χ4n) is 3.33. The van der Waals surface area contributed by atoms with Crippen LogP contribution in [0.3, 0.4) is 0 Å². The van der Waals surface area contributed by atoms with Crippen LogP contribution in [0.5, 0.6) is 23.1 Å². The molecule has 0 atom stereocenters. The molecule has 0 amide bonds. The van der Waals surface area contributed by atoms with Crippen molar-refractivity contribution in [2.24, 2.45) is 0 Å². The summed E-state index contributed by atoms with van der Waals surface area (Å²) >= 11 is 0. The Balaban J connectivity index is 1.82. The van der Waals surface area contributed by atoms with Gasteiger partial charge in [0.25, 0.3) is 0 Å². The van der Waals surface area contributed by atoms with Crippen LogP contribution >= 0.6 is 0 Å². The molecule has 0 fully saturated rings. The summed E-state index contributed by atoms with van der Waals surface area (Å²) in [6.07, 6.45) is 1.48. The molecule has 2 aromatic carbocycles. The van der Waals surface area contributed by atoms with Crippen molar-refractivity contribution < 1.29 is 33.6 Å². The molecular weight excluding hydrogens is 416 g/mol. The van der Waals surface area contributed by atoms with Crippen molar-refractivity contribution in [1.29, 1.82) is 0 Å². The van der Waals surface area contributed by atoms with Crippen LogP contribution in [0.4, 0.5) is 0 Å². The number of hydrogen-bond acceptors (Lipinski definition) is 8. The van der Waals surface area contributed by atoms with Gasteiger partial charge >= 0.3 is 11.9 Å². The lowest BCUT2D eigenvalue weighted by Crippen LogP contribution is -2.12. The summed E-state index contributed by atoms with van der Waals surface area (Å²) in [5.74, 6) is -0.892. The Morgan fingerprint density at radius 3 is 2.28 bits per heavy atom. The molecule has 9 heteroatoms. The number of carbonyl (C=O) groups is 2. The standard InChI is InChI=1S/C23H18N2O7/c1-29-12-4-5-18-15(8-12)14(6-7-24-18)23(28)32-20-11-17(22(26)27)16-9-13(30-2)10-19(31-3)21(16)25-20/h4-11H,1-3H3,(H,26,27). The number of benzene rings is 2. The van der Waals surface area contributed by atoms with Crippen LogP contribution in [0.15, 0.2) is 48.7 Å². The van der Waals surface area contributed by atoms with E-state index in [0.29, 0.717) is 22.4 Å². The zero-order chi connectivity index (χ0) is 22.8. The van der Waals surface area contributed by atoms with Crippen molar-refractivity contribution in [2.75, 3.05) is 21.3 Å². The zero-order valence-corrected chi connectivity index (χ0v) is 17.4. The number of fused-ring (bicyclic) bond motifs is 2. The van der Waals surface area contributed by atoms with Crippen LogP contribution in [0.2, 0.25) is 0 Å². The molecule has 4 rings (SSSR count). The summed E-state index contributed by atoms with van der Waals surface area (Å²) in [5.41, 5.74) is 0.912. The molecule has 0 aliphatic rings. The average molecular weight is 434 g/mol. The molecule has 4 aromatic rings. The van der Waals surface area contributed by atoms with E-state index in [-0.39, 0.29) is 33.7 Å². The first kappa shape index (κ1) is 20.9. The van der Waals surface area contributed by atoms with Gasteiger partial charge in [-0.15, -0.1) is 0 Å². The van der Waals surface area contributed by atoms with Gasteiger partial charge in [-0.25, -0.2) is 14.6 Å². The second-order valence-electron chi connectivity index (χ2n) is 6.67. The lowest BCUT2D eigenvalue weighted by Gasteiger charge is -2.12. The Morgan fingerprint density at radius 1 is 0.844 bits per heavy atom. The van der Waals surface area contributed by atoms with Crippen molar-refractivity contribution in [3.63, 3.8) is 0 Å². The van der Waals surface area contributed by atoms with Gasteiger partial charge in [-0.3, -0.25) is 4.98 Å². The van der Waals surface area contributed by atoms with E-state index in [1.807, 2.05) is 0 Å². The van der Waals surface area contributed by atoms with Crippen molar-refractivity contribution in [3.05, 3.63) is 59.8 Å². The summed E-state index contributed by atoms with van der Waals surface area (Å²) in [5, 5.41) is 10.5. The van der Waals surface area contributed by atoms with E-state index in [1.165, 1.54) is 45.7 Å². The number of aromatic carboxylic acids is 1. The number of nitrogens with zero attached hydrogens (tertiary/aromatic N) is 2. The molecule has 9 nitrogen and oxygen atoms in total. The number of rotatable bonds is 6. The van der Waals surface area contributed by atoms with E-state index >= 15 is 0 Å². The van der Waals surface area contributed by atoms with Crippen LogP contribution in [0.25, 0.3) is 21.8 Å². The van der Waals surface area contributed by atoms with Crippen molar-refractivity contribution in [1.82, 2.24) is 9.97 Å². The van der Waals surface area contributed by atoms with Crippen LogP contribution in [0.1, 0.15) is 20.7 Å². The zero-order valence-electron chi connectivity index (χ0n) is 17.4. The molecule has 0 radical (unpaired) electrons. The van der Waals surface area contributed by atoms with Crippen LogP contribution in [-0.4, -0.2) is 48.3 Å². The Bertz CT molecular complexity index is 1370. The molecule has 0 saturated heterocycles. The predicted octanol–water partition coefficient (Wildman–Crippen LogP) is 3.73. The molecule has 32 heavy (non-hydrogen) atoms. The van der Waals surface area contributed by atoms with E-state index in [9.17, 15) is 14.7 Å². The number of ether oxygens (including phenoxy) is 4. The maximum Gasteiger partial charge on any atom is 0.345 e. The molecule has 2 heterocycles. The number of carbonyl (C=O) groups excluding carboxylic acids is 1. The molecule has 0 unspecified atom stereocenters. The second kappa shape index (κ2) is 8.38. The Hall–Kier alpha value is -4.40. The second-order valence-corrected chi connectivity index (χ2v) is 6.67. The third-order valence-corrected chi connectivity index (χ3v) is 4.88. The minimum Gasteiger partial charge on any atom is -0.497 e. The number of aromatic nitrogens is 2. The highest BCUT2D eigenvalue weighted by molar-refractivity contribution is 6.06. The summed E-state index contributed by atoms with van der Waals surface area (Å²) in [7, 11) is 4.40. The summed E-state index contributed by atoms with van der Waals surface area (Å²) in [6, 6.07) is 10.9. The normalized spacial score (nSPS) is 10.7. The Morgan fingerprint density at radius 2 is 1.59 bits per heavy atom. The van der Waals surface area contributed by atoms with Gasteiger partial charge in [0.2, 0.25) is 5.88 Å². The van der Waals surface area contributed by atoms with Gasteiger partial charge in [-0.1, -0.05) is 0 Å². The van der Waals surface area contributed by atoms with Crippen molar-refractivity contribution >= 4 is 33.7 Å². The minimum atomic E-state index is -1.22. The van der Waals surface area contributed by atoms with E-state index in [0.717, 1.165) is 0 Å². The predicted molar refractivity (Wildman–Crippen MR) is 115 cm³/mol. The molecule has 0 aliphatic heterocycles. The molecule has 1 N–H and O–H groups in total. The number of hydrogen-bond donors (Lipinski definition) is 1. The third-order valence-electron chi connectivity index (χ3n) is 4.88. The monoisotopic (exact) mass is 434 g/mol. The first-order chi connectivity index (χ1) is 15.4. The number of carboxylic acids is 1. The quantitative estimate of drug-likeness (QED) is 0.453. The highest BCUT2D eigenvalue weighted by Gasteiger charge is 2.20. The molecule has 0 saturated carbocycles. The van der Waals surface area contributed by atoms with Crippen molar-refractivity contribution in [3.8, 4) is 23.1 Å². The van der Waals surface area contributed by atoms with Crippen LogP contribution < -0.4 is 18.9 Å². The molecule has 0 spiro atoms. The van der Waals surface area contributed by atoms with Gasteiger partial charge in [-0.05, 0) is 30.3 Å². The fraction of sp³-hybridized carbons (Fsp3) is 0.130. The van der Waals surface area contributed by atoms with E-state index in [2.05, 4.69) is 9.97 Å². The largest absolute Gasteiger partial charge is 0.497 e. The maximum absolute atomic E-state index is 13.0. The highest BCUT2D eigenvalue weighted by Crippen LogP contribution is 2.34. The third kappa shape index (κ3) is 3.71. The smallest absolute Gasteiger partial charge is 0.345 e. The first-order valence-corrected chi connectivity index (χ1v) is 9.40.